The summed E-state index contributed by atoms with van der Waals surface area (Å²) in [7, 11) is 0. The summed E-state index contributed by atoms with van der Waals surface area (Å²) in [6.07, 6.45) is 0. The third-order valence-electron chi connectivity index (χ3n) is 9.90. The number of hydrogen-bond donors (Lipinski definition) is 0. The van der Waals surface area contributed by atoms with Crippen molar-refractivity contribution in [3.8, 4) is 67.5 Å². The first kappa shape index (κ1) is 21.9. The average Bonchev–Trinajstić information content (AvgIpc) is 3.78. The fourth-order valence-electron chi connectivity index (χ4n) is 7.41. The minimum Gasteiger partial charge on any atom is -0.208 e. The monoisotopic (exact) mass is 693 g/mol. The zero-order valence-electron chi connectivity index (χ0n) is 38.1. The molecule has 52 heavy (non-hydrogen) atoms. The molecule has 0 radical (unpaired) electrons. The Morgan fingerprint density at radius 2 is 1.13 bits per heavy atom. The molecule has 0 fully saturated rings. The summed E-state index contributed by atoms with van der Waals surface area (Å²) in [5, 5.41) is 1.36. The molecule has 4 heteroatoms. The summed E-state index contributed by atoms with van der Waals surface area (Å²) in [5.74, 6) is 1.44. The maximum Gasteiger partial charge on any atom is 0.164 e. The van der Waals surface area contributed by atoms with Gasteiger partial charge < -0.3 is 0 Å². The van der Waals surface area contributed by atoms with E-state index in [1.54, 1.807) is 12.1 Å². The highest BCUT2D eigenvalue weighted by Gasteiger charge is 2.37. The lowest BCUT2D eigenvalue weighted by molar-refractivity contribution is 0.660. The minimum absolute atomic E-state index is 0.0586. The van der Waals surface area contributed by atoms with Crippen molar-refractivity contribution in [1.29, 1.82) is 0 Å². The normalized spacial score (nSPS) is 15.7. The first-order valence-corrected chi connectivity index (χ1v) is 17.7. The van der Waals surface area contributed by atoms with E-state index in [4.69, 9.17) is 28.7 Å². The van der Waals surface area contributed by atoms with Crippen molar-refractivity contribution in [3.63, 3.8) is 0 Å². The number of benzene rings is 7. The van der Waals surface area contributed by atoms with Gasteiger partial charge in [0.25, 0.3) is 0 Å². The van der Waals surface area contributed by atoms with Crippen molar-refractivity contribution in [2.24, 2.45) is 0 Å². The second-order valence-corrected chi connectivity index (χ2v) is 14.3. The van der Waals surface area contributed by atoms with Crippen molar-refractivity contribution in [1.82, 2.24) is 15.0 Å². The van der Waals surface area contributed by atoms with Crippen LogP contribution in [0.25, 0.3) is 87.7 Å². The molecule has 0 bridgehead atoms. The molecular weight excluding hydrogens is 651 g/mol. The molecule has 3 nitrogen and oxygen atoms in total. The first-order chi connectivity index (χ1) is 29.7. The van der Waals surface area contributed by atoms with E-state index in [1.807, 2.05) is 66.7 Å². The fourth-order valence-corrected chi connectivity index (χ4v) is 8.65. The quantitative estimate of drug-likeness (QED) is 0.180. The van der Waals surface area contributed by atoms with Crippen LogP contribution in [0, 0.1) is 0 Å². The van der Waals surface area contributed by atoms with Gasteiger partial charge in [0.1, 0.15) is 0 Å². The van der Waals surface area contributed by atoms with Gasteiger partial charge in [0, 0.05) is 47.8 Å². The highest BCUT2D eigenvalue weighted by Crippen LogP contribution is 2.52. The molecule has 0 aliphatic heterocycles. The SMILES string of the molecule is [2H]c1c([2H])c([2H])c(-c2cc(-c3c([2H])c([2H])c([2H])c([2H])c3[2H])c3sc4cc(-c5nc(-c6ccccc6)nc(-c6cccc7c6-c6ccccc6C7(C)C)n5)ccc4c3c2)c([2H])c1[2H]. The molecule has 7 aromatic carbocycles. The second kappa shape index (κ2) is 11.9. The van der Waals surface area contributed by atoms with E-state index in [2.05, 4.69) is 38.1 Å². The van der Waals surface area contributed by atoms with Gasteiger partial charge in [-0.05, 0) is 57.1 Å². The number of nitrogens with zero attached hydrogens (tertiary/aromatic N) is 3. The predicted molar refractivity (Wildman–Crippen MR) is 217 cm³/mol. The fraction of sp³-hybridized carbons (Fsp3) is 0.0625. The Bertz CT molecular complexity index is 3340. The molecule has 0 amide bonds. The molecule has 0 saturated heterocycles. The van der Waals surface area contributed by atoms with Crippen LogP contribution in [0.1, 0.15) is 38.7 Å². The predicted octanol–water partition coefficient (Wildman–Crippen LogP) is 12.9. The third-order valence-corrected chi connectivity index (χ3v) is 11.1. The number of fused-ring (bicyclic) bond motifs is 6. The first-order valence-electron chi connectivity index (χ1n) is 21.9. The molecule has 0 N–H and O–H groups in total. The molecule has 0 spiro atoms. The third kappa shape index (κ3) is 4.90. The van der Waals surface area contributed by atoms with E-state index in [1.165, 1.54) is 22.5 Å². The van der Waals surface area contributed by atoms with Crippen LogP contribution in [0.3, 0.4) is 0 Å². The second-order valence-electron chi connectivity index (χ2n) is 13.3. The molecule has 2 heterocycles. The Morgan fingerprint density at radius 3 is 1.92 bits per heavy atom. The van der Waals surface area contributed by atoms with Crippen molar-refractivity contribution in [3.05, 3.63) is 175 Å². The molecule has 0 saturated carbocycles. The van der Waals surface area contributed by atoms with E-state index in [9.17, 15) is 0 Å². The van der Waals surface area contributed by atoms with Gasteiger partial charge in [0.2, 0.25) is 0 Å². The van der Waals surface area contributed by atoms with Crippen LogP contribution in [0.2, 0.25) is 0 Å². The smallest absolute Gasteiger partial charge is 0.164 e. The highest BCUT2D eigenvalue weighted by atomic mass is 32.1. The van der Waals surface area contributed by atoms with Crippen LogP contribution >= 0.6 is 11.3 Å². The lowest BCUT2D eigenvalue weighted by Gasteiger charge is -2.21. The van der Waals surface area contributed by atoms with Crippen molar-refractivity contribution in [2.45, 2.75) is 19.3 Å². The van der Waals surface area contributed by atoms with Gasteiger partial charge in [0.15, 0.2) is 17.5 Å². The zero-order chi connectivity index (χ0) is 43.5. The average molecular weight is 694 g/mol. The summed E-state index contributed by atoms with van der Waals surface area (Å²) >= 11 is 1.35. The number of aromatic nitrogens is 3. The Kier molecular flexibility index (Phi) is 5.02. The molecule has 9 aromatic rings. The van der Waals surface area contributed by atoms with Gasteiger partial charge in [-0.15, -0.1) is 11.3 Å². The standard InChI is InChI=1S/C48H33N3S/c1-48(2)40-23-13-12-21-36(40)43-37(22-14-24-41(43)48)47-50-45(32-19-10-5-11-20-32)49-46(51-47)33-25-26-35-39-28-34(30-15-6-3-7-16-30)27-38(31-17-8-4-9-18-31)44(39)52-42(35)29-33/h3-29H,1-2H3/i3D,4D,6D,7D,8D,9D,15D,16D,17D,18D. The van der Waals surface area contributed by atoms with Crippen LogP contribution in [0.4, 0.5) is 0 Å². The molecule has 0 atom stereocenters. The molecule has 0 unspecified atom stereocenters. The zero-order valence-corrected chi connectivity index (χ0v) is 28.9. The maximum atomic E-state index is 8.93. The summed E-state index contributed by atoms with van der Waals surface area (Å²) in [6, 6.07) is 28.7. The van der Waals surface area contributed by atoms with Gasteiger partial charge in [-0.3, -0.25) is 0 Å². The van der Waals surface area contributed by atoms with Crippen LogP contribution in [0.15, 0.2) is 164 Å². The summed E-state index contributed by atoms with van der Waals surface area (Å²) in [4.78, 5) is 15.3. The lowest BCUT2D eigenvalue weighted by Crippen LogP contribution is -2.14. The summed E-state index contributed by atoms with van der Waals surface area (Å²) in [5.41, 5.74) is 7.19. The molecular formula is C48H33N3S. The highest BCUT2D eigenvalue weighted by molar-refractivity contribution is 7.26. The summed E-state index contributed by atoms with van der Waals surface area (Å²) < 4.78 is 87.0. The van der Waals surface area contributed by atoms with Crippen LogP contribution in [-0.4, -0.2) is 15.0 Å². The van der Waals surface area contributed by atoms with Crippen LogP contribution in [-0.2, 0) is 5.41 Å². The topological polar surface area (TPSA) is 38.7 Å². The van der Waals surface area contributed by atoms with E-state index in [0.29, 0.717) is 33.1 Å². The number of thiophene rings is 1. The van der Waals surface area contributed by atoms with Gasteiger partial charge in [-0.1, -0.05) is 159 Å². The van der Waals surface area contributed by atoms with E-state index in [0.717, 1.165) is 32.3 Å². The molecule has 10 rings (SSSR count). The Balaban J connectivity index is 1.23. The number of hydrogen-bond acceptors (Lipinski definition) is 4. The van der Waals surface area contributed by atoms with Crippen LogP contribution in [0.5, 0.6) is 0 Å². The van der Waals surface area contributed by atoms with E-state index >= 15 is 0 Å². The van der Waals surface area contributed by atoms with Gasteiger partial charge in [0.05, 0.1) is 13.7 Å². The van der Waals surface area contributed by atoms with Crippen molar-refractivity contribution < 1.29 is 13.7 Å². The van der Waals surface area contributed by atoms with Gasteiger partial charge in [-0.25, -0.2) is 15.0 Å². The summed E-state index contributed by atoms with van der Waals surface area (Å²) in [6.45, 7) is 4.46. The van der Waals surface area contributed by atoms with E-state index < -0.39 is 60.4 Å². The Labute approximate surface area is 321 Å². The van der Waals surface area contributed by atoms with Crippen molar-refractivity contribution in [2.75, 3.05) is 0 Å². The van der Waals surface area contributed by atoms with Gasteiger partial charge in [-0.2, -0.15) is 0 Å². The molecule has 1 aliphatic carbocycles. The molecule has 2 aromatic heterocycles. The molecule has 1 aliphatic rings. The lowest BCUT2D eigenvalue weighted by atomic mass is 9.82. The van der Waals surface area contributed by atoms with Crippen molar-refractivity contribution >= 4 is 31.5 Å². The maximum absolute atomic E-state index is 8.93. The number of rotatable bonds is 5. The largest absolute Gasteiger partial charge is 0.208 e. The Morgan fingerprint density at radius 1 is 0.481 bits per heavy atom. The van der Waals surface area contributed by atoms with Gasteiger partial charge >= 0.3 is 0 Å². The van der Waals surface area contributed by atoms with Crippen LogP contribution < -0.4 is 0 Å². The Hall–Kier alpha value is -6.23. The molecule has 246 valence electrons. The minimum atomic E-state index is -0.539. The van der Waals surface area contributed by atoms with E-state index in [-0.39, 0.29) is 27.7 Å².